The van der Waals surface area contributed by atoms with E-state index in [1.807, 2.05) is 6.07 Å². The number of amides is 1. The minimum absolute atomic E-state index is 0.0343. The van der Waals surface area contributed by atoms with Crippen molar-refractivity contribution in [3.63, 3.8) is 0 Å². The molecule has 1 aliphatic rings. The smallest absolute Gasteiger partial charge is 0.229 e. The van der Waals surface area contributed by atoms with Gasteiger partial charge in [-0.2, -0.15) is 4.98 Å². The molecule has 0 aliphatic carbocycles. The normalized spacial score (nSPS) is 16.4. The summed E-state index contributed by atoms with van der Waals surface area (Å²) >= 11 is 0. The lowest BCUT2D eigenvalue weighted by Gasteiger charge is -2.19. The molecule has 0 radical (unpaired) electrons. The molecular weight excluding hydrogens is 349 g/mol. The molecule has 1 saturated heterocycles. The van der Waals surface area contributed by atoms with E-state index in [1.165, 1.54) is 19.1 Å². The van der Waals surface area contributed by atoms with Crippen LogP contribution in [-0.4, -0.2) is 40.1 Å². The predicted molar refractivity (Wildman–Crippen MR) is 102 cm³/mol. The highest BCUT2D eigenvalue weighted by molar-refractivity contribution is 5.73. The number of hydrogen-bond acceptors (Lipinski definition) is 6. The van der Waals surface area contributed by atoms with Gasteiger partial charge < -0.3 is 20.6 Å². The molecule has 3 N–H and O–H groups in total. The molecule has 1 aliphatic heterocycles. The Bertz CT molecular complexity index is 830. The molecule has 7 nitrogen and oxygen atoms in total. The zero-order valence-electron chi connectivity index (χ0n) is 15.5. The first kappa shape index (κ1) is 18.9. The van der Waals surface area contributed by atoms with Crippen LogP contribution in [0.1, 0.15) is 32.4 Å². The number of aromatic nitrogens is 2. The standard InChI is InChI=1S/C19H24FN5O2/c1-3-4-13-10-18(25-8-7-15(11-25)21-12(2)26)24-19(22-13)23-14-5-6-17(27)16(20)9-14/h5-6,9-10,15,27H,3-4,7-8,11H2,1-2H3,(H,21,26)(H,22,23,24)/t15-/m0/s1. The van der Waals surface area contributed by atoms with Crippen LogP contribution in [0.2, 0.25) is 0 Å². The molecule has 1 fully saturated rings. The van der Waals surface area contributed by atoms with Crippen LogP contribution >= 0.6 is 0 Å². The van der Waals surface area contributed by atoms with Crippen molar-refractivity contribution in [3.05, 3.63) is 35.8 Å². The number of benzene rings is 1. The number of aromatic hydroxyl groups is 1. The Morgan fingerprint density at radius 1 is 1.37 bits per heavy atom. The van der Waals surface area contributed by atoms with Gasteiger partial charge in [-0.15, -0.1) is 0 Å². The van der Waals surface area contributed by atoms with Crippen LogP contribution in [0.25, 0.3) is 0 Å². The topological polar surface area (TPSA) is 90.4 Å². The fraction of sp³-hybridized carbons (Fsp3) is 0.421. The molecule has 1 atom stereocenters. The van der Waals surface area contributed by atoms with Crippen molar-refractivity contribution in [3.8, 4) is 5.75 Å². The molecular formula is C19H24FN5O2. The number of nitrogens with one attached hydrogen (secondary N) is 2. The van der Waals surface area contributed by atoms with Gasteiger partial charge in [0.2, 0.25) is 11.9 Å². The molecule has 0 spiro atoms. The second-order valence-electron chi connectivity index (χ2n) is 6.71. The summed E-state index contributed by atoms with van der Waals surface area (Å²) in [5.74, 6) is 0.0191. The fourth-order valence-electron chi connectivity index (χ4n) is 3.17. The van der Waals surface area contributed by atoms with Gasteiger partial charge in [-0.3, -0.25) is 4.79 Å². The summed E-state index contributed by atoms with van der Waals surface area (Å²) in [6.45, 7) is 5.08. The lowest BCUT2D eigenvalue weighted by Crippen LogP contribution is -2.35. The summed E-state index contributed by atoms with van der Waals surface area (Å²) < 4.78 is 13.6. The van der Waals surface area contributed by atoms with Crippen LogP contribution in [0.4, 0.5) is 21.8 Å². The van der Waals surface area contributed by atoms with E-state index in [-0.39, 0.29) is 11.9 Å². The van der Waals surface area contributed by atoms with Crippen molar-refractivity contribution in [2.45, 2.75) is 39.2 Å². The molecule has 1 amide bonds. The number of halogens is 1. The molecule has 2 aromatic rings. The highest BCUT2D eigenvalue weighted by Gasteiger charge is 2.24. The van der Waals surface area contributed by atoms with E-state index in [1.54, 1.807) is 6.07 Å². The zero-order valence-corrected chi connectivity index (χ0v) is 15.5. The molecule has 1 aromatic heterocycles. The lowest BCUT2D eigenvalue weighted by atomic mass is 10.2. The zero-order chi connectivity index (χ0) is 19.4. The Morgan fingerprint density at radius 3 is 2.89 bits per heavy atom. The first-order chi connectivity index (χ1) is 12.9. The number of anilines is 3. The monoisotopic (exact) mass is 373 g/mol. The van der Waals surface area contributed by atoms with Gasteiger partial charge in [0.05, 0.1) is 0 Å². The van der Waals surface area contributed by atoms with Gasteiger partial charge in [-0.1, -0.05) is 13.3 Å². The quantitative estimate of drug-likeness (QED) is 0.675. The average Bonchev–Trinajstić information content (AvgIpc) is 3.06. The van der Waals surface area contributed by atoms with E-state index < -0.39 is 11.6 Å². The molecule has 0 bridgehead atoms. The Morgan fingerprint density at radius 2 is 2.19 bits per heavy atom. The summed E-state index contributed by atoms with van der Waals surface area (Å²) in [5.41, 5.74) is 1.36. The number of rotatable bonds is 6. The number of aryl methyl sites for hydroxylation is 1. The molecule has 1 aromatic carbocycles. The molecule has 8 heteroatoms. The van der Waals surface area contributed by atoms with Crippen molar-refractivity contribution in [1.29, 1.82) is 0 Å². The molecule has 0 saturated carbocycles. The summed E-state index contributed by atoms with van der Waals surface area (Å²) in [4.78, 5) is 22.5. The van der Waals surface area contributed by atoms with Crippen molar-refractivity contribution >= 4 is 23.4 Å². The lowest BCUT2D eigenvalue weighted by molar-refractivity contribution is -0.119. The van der Waals surface area contributed by atoms with Gasteiger partial charge in [0.15, 0.2) is 11.6 Å². The third-order valence-corrected chi connectivity index (χ3v) is 4.40. The maximum Gasteiger partial charge on any atom is 0.229 e. The van der Waals surface area contributed by atoms with E-state index >= 15 is 0 Å². The van der Waals surface area contributed by atoms with Crippen LogP contribution in [0, 0.1) is 5.82 Å². The highest BCUT2D eigenvalue weighted by atomic mass is 19.1. The van der Waals surface area contributed by atoms with E-state index in [4.69, 9.17) is 0 Å². The number of carbonyl (C=O) groups excluding carboxylic acids is 1. The number of nitrogens with zero attached hydrogens (tertiary/aromatic N) is 3. The second-order valence-corrected chi connectivity index (χ2v) is 6.71. The maximum atomic E-state index is 13.6. The fourth-order valence-corrected chi connectivity index (χ4v) is 3.17. The van der Waals surface area contributed by atoms with E-state index in [0.29, 0.717) is 18.2 Å². The van der Waals surface area contributed by atoms with E-state index in [0.717, 1.165) is 37.3 Å². The predicted octanol–water partition coefficient (Wildman–Crippen LogP) is 2.73. The third-order valence-electron chi connectivity index (χ3n) is 4.40. The Hall–Kier alpha value is -2.90. The van der Waals surface area contributed by atoms with E-state index in [2.05, 4.69) is 32.4 Å². The van der Waals surface area contributed by atoms with Crippen LogP contribution in [0.15, 0.2) is 24.3 Å². The van der Waals surface area contributed by atoms with E-state index in [9.17, 15) is 14.3 Å². The van der Waals surface area contributed by atoms with Crippen LogP contribution < -0.4 is 15.5 Å². The molecule has 2 heterocycles. The number of carbonyl (C=O) groups is 1. The third kappa shape index (κ3) is 4.84. The summed E-state index contributed by atoms with van der Waals surface area (Å²) in [6.07, 6.45) is 2.61. The van der Waals surface area contributed by atoms with Gasteiger partial charge in [-0.05, 0) is 25.0 Å². The Balaban J connectivity index is 1.82. The maximum absolute atomic E-state index is 13.6. The van der Waals surface area contributed by atoms with Gasteiger partial charge in [0.1, 0.15) is 5.82 Å². The minimum atomic E-state index is -0.706. The first-order valence-electron chi connectivity index (χ1n) is 9.10. The number of phenolic OH excluding ortho intramolecular Hbond substituents is 1. The molecule has 144 valence electrons. The second kappa shape index (κ2) is 8.20. The van der Waals surface area contributed by atoms with Crippen molar-refractivity contribution < 1.29 is 14.3 Å². The van der Waals surface area contributed by atoms with Crippen molar-refractivity contribution in [2.75, 3.05) is 23.3 Å². The molecule has 27 heavy (non-hydrogen) atoms. The van der Waals surface area contributed by atoms with Crippen molar-refractivity contribution in [2.24, 2.45) is 0 Å². The number of hydrogen-bond donors (Lipinski definition) is 3. The average molecular weight is 373 g/mol. The first-order valence-corrected chi connectivity index (χ1v) is 9.10. The number of phenols is 1. The highest BCUT2D eigenvalue weighted by Crippen LogP contribution is 2.25. The SMILES string of the molecule is CCCc1cc(N2CC[C@H](NC(C)=O)C2)nc(Nc2ccc(O)c(F)c2)n1. The van der Waals surface area contributed by atoms with Crippen LogP contribution in [-0.2, 0) is 11.2 Å². The van der Waals surface area contributed by atoms with Gasteiger partial charge in [0, 0.05) is 49.6 Å². The summed E-state index contributed by atoms with van der Waals surface area (Å²) in [6, 6.07) is 6.12. The summed E-state index contributed by atoms with van der Waals surface area (Å²) in [7, 11) is 0. The largest absolute Gasteiger partial charge is 0.505 e. The van der Waals surface area contributed by atoms with Crippen molar-refractivity contribution in [1.82, 2.24) is 15.3 Å². The Labute approximate surface area is 157 Å². The minimum Gasteiger partial charge on any atom is -0.505 e. The Kier molecular flexibility index (Phi) is 5.73. The summed E-state index contributed by atoms with van der Waals surface area (Å²) in [5, 5.41) is 15.3. The van der Waals surface area contributed by atoms with Gasteiger partial charge in [-0.25, -0.2) is 9.37 Å². The van der Waals surface area contributed by atoms with Gasteiger partial charge >= 0.3 is 0 Å². The van der Waals surface area contributed by atoms with Crippen LogP contribution in [0.3, 0.4) is 0 Å². The molecule has 0 unspecified atom stereocenters. The van der Waals surface area contributed by atoms with Crippen LogP contribution in [0.5, 0.6) is 5.75 Å². The van der Waals surface area contributed by atoms with Gasteiger partial charge in [0.25, 0.3) is 0 Å². The molecule has 3 rings (SSSR count).